The van der Waals surface area contributed by atoms with Gasteiger partial charge >= 0.3 is 6.18 Å². The van der Waals surface area contributed by atoms with E-state index in [0.29, 0.717) is 12.1 Å². The fraction of sp³-hybridized carbons (Fsp3) is 0.308. The number of halogens is 3. The predicted octanol–water partition coefficient (Wildman–Crippen LogP) is 2.61. The Morgan fingerprint density at radius 2 is 1.79 bits per heavy atom. The topological polar surface area (TPSA) is 43.8 Å². The molecule has 0 bridgehead atoms. The second kappa shape index (κ2) is 5.44. The number of hydrogen-bond donors (Lipinski definition) is 1. The van der Waals surface area contributed by atoms with Gasteiger partial charge in [-0.05, 0) is 24.1 Å². The van der Waals surface area contributed by atoms with E-state index in [9.17, 15) is 13.2 Å². The van der Waals surface area contributed by atoms with Crippen LogP contribution < -0.4 is 5.73 Å². The Balaban J connectivity index is 2.13. The first-order chi connectivity index (χ1) is 8.98. The van der Waals surface area contributed by atoms with Gasteiger partial charge in [0.05, 0.1) is 6.20 Å². The van der Waals surface area contributed by atoms with Gasteiger partial charge in [-0.15, -0.1) is 0 Å². The fourth-order valence-corrected chi connectivity index (χ4v) is 1.81. The van der Waals surface area contributed by atoms with E-state index in [2.05, 4.69) is 5.10 Å². The molecule has 0 aliphatic rings. The molecule has 2 N–H and O–H groups in total. The van der Waals surface area contributed by atoms with Crippen LogP contribution >= 0.6 is 0 Å². The third-order valence-electron chi connectivity index (χ3n) is 2.69. The van der Waals surface area contributed by atoms with Gasteiger partial charge in [0.15, 0.2) is 0 Å². The van der Waals surface area contributed by atoms with Crippen LogP contribution in [0.4, 0.5) is 13.2 Å². The Bertz CT molecular complexity index is 529. The number of hydrogen-bond acceptors (Lipinski definition) is 2. The Morgan fingerprint density at radius 3 is 2.37 bits per heavy atom. The number of aromatic nitrogens is 2. The highest BCUT2D eigenvalue weighted by molar-refractivity contribution is 5.61. The maximum Gasteiger partial charge on any atom is 0.408 e. The van der Waals surface area contributed by atoms with Crippen LogP contribution in [0.5, 0.6) is 0 Å². The van der Waals surface area contributed by atoms with Crippen LogP contribution in [0, 0.1) is 0 Å². The zero-order valence-electron chi connectivity index (χ0n) is 10.2. The summed E-state index contributed by atoms with van der Waals surface area (Å²) in [5.74, 6) is 0. The first-order valence-electron chi connectivity index (χ1n) is 5.86. The second-order valence-electron chi connectivity index (χ2n) is 4.28. The molecule has 3 nitrogen and oxygen atoms in total. The van der Waals surface area contributed by atoms with Crippen molar-refractivity contribution in [1.29, 1.82) is 0 Å². The van der Waals surface area contributed by atoms with Gasteiger partial charge in [0.2, 0.25) is 0 Å². The Hall–Kier alpha value is -1.82. The number of alkyl halides is 3. The smallest absolute Gasteiger partial charge is 0.330 e. The largest absolute Gasteiger partial charge is 0.408 e. The van der Waals surface area contributed by atoms with Crippen molar-refractivity contribution in [2.45, 2.75) is 19.1 Å². The lowest BCUT2D eigenvalue weighted by Crippen LogP contribution is -2.17. The molecule has 1 aromatic heterocycles. The number of rotatable bonds is 4. The van der Waals surface area contributed by atoms with E-state index in [1.807, 2.05) is 24.3 Å². The summed E-state index contributed by atoms with van der Waals surface area (Å²) in [6, 6.07) is 7.56. The molecule has 6 heteroatoms. The highest BCUT2D eigenvalue weighted by Crippen LogP contribution is 2.22. The molecule has 0 saturated heterocycles. The first-order valence-corrected chi connectivity index (χ1v) is 5.86. The van der Waals surface area contributed by atoms with Crippen LogP contribution in [0.3, 0.4) is 0 Å². The zero-order valence-corrected chi connectivity index (χ0v) is 10.2. The van der Waals surface area contributed by atoms with Crippen molar-refractivity contribution >= 4 is 0 Å². The molecule has 0 aliphatic heterocycles. The standard InChI is InChI=1S/C13H14F3N3/c14-13(15,16)9-19-8-12(7-18-19)11-3-1-10(2-4-11)5-6-17/h1-4,7-8H,5-6,9,17H2. The van der Waals surface area contributed by atoms with E-state index in [1.54, 1.807) is 0 Å². The number of nitrogens with two attached hydrogens (primary N) is 1. The molecule has 0 spiro atoms. The van der Waals surface area contributed by atoms with Crippen LogP contribution in [0.15, 0.2) is 36.7 Å². The lowest BCUT2D eigenvalue weighted by atomic mass is 10.1. The van der Waals surface area contributed by atoms with Crippen LogP contribution in [-0.4, -0.2) is 22.5 Å². The lowest BCUT2D eigenvalue weighted by molar-refractivity contribution is -0.142. The summed E-state index contributed by atoms with van der Waals surface area (Å²) >= 11 is 0. The average Bonchev–Trinajstić information content (AvgIpc) is 2.76. The van der Waals surface area contributed by atoms with Gasteiger partial charge < -0.3 is 5.73 Å². The molecule has 2 aromatic rings. The van der Waals surface area contributed by atoms with Crippen molar-refractivity contribution in [3.8, 4) is 11.1 Å². The molecule has 0 radical (unpaired) electrons. The van der Waals surface area contributed by atoms with Gasteiger partial charge in [0.25, 0.3) is 0 Å². The van der Waals surface area contributed by atoms with Crippen LogP contribution in [-0.2, 0) is 13.0 Å². The van der Waals surface area contributed by atoms with Gasteiger partial charge in [-0.2, -0.15) is 18.3 Å². The molecular formula is C13H14F3N3. The minimum absolute atomic E-state index is 0.572. The number of benzene rings is 1. The summed E-state index contributed by atoms with van der Waals surface area (Å²) in [5, 5.41) is 3.71. The van der Waals surface area contributed by atoms with E-state index in [1.165, 1.54) is 12.4 Å². The molecule has 0 fully saturated rings. The summed E-state index contributed by atoms with van der Waals surface area (Å²) < 4.78 is 37.5. The highest BCUT2D eigenvalue weighted by atomic mass is 19.4. The number of nitrogens with zero attached hydrogens (tertiary/aromatic N) is 2. The van der Waals surface area contributed by atoms with E-state index < -0.39 is 12.7 Å². The van der Waals surface area contributed by atoms with Gasteiger partial charge in [0, 0.05) is 11.8 Å². The van der Waals surface area contributed by atoms with Crippen molar-refractivity contribution in [3.63, 3.8) is 0 Å². The summed E-state index contributed by atoms with van der Waals surface area (Å²) in [6.45, 7) is -0.499. The monoisotopic (exact) mass is 269 g/mol. The molecule has 0 atom stereocenters. The molecule has 2 rings (SSSR count). The van der Waals surface area contributed by atoms with E-state index in [4.69, 9.17) is 5.73 Å². The van der Waals surface area contributed by atoms with Gasteiger partial charge in [-0.3, -0.25) is 4.68 Å². The molecule has 1 aromatic carbocycles. The third-order valence-corrected chi connectivity index (χ3v) is 2.69. The lowest BCUT2D eigenvalue weighted by Gasteiger charge is -2.05. The summed E-state index contributed by atoms with van der Waals surface area (Å²) in [7, 11) is 0. The summed E-state index contributed by atoms with van der Waals surface area (Å²) in [6.07, 6.45) is -0.642. The maximum atomic E-state index is 12.2. The van der Waals surface area contributed by atoms with E-state index >= 15 is 0 Å². The Kier molecular flexibility index (Phi) is 3.90. The highest BCUT2D eigenvalue weighted by Gasteiger charge is 2.28. The summed E-state index contributed by atoms with van der Waals surface area (Å²) in [5.41, 5.74) is 8.07. The van der Waals surface area contributed by atoms with Crippen LogP contribution in [0.2, 0.25) is 0 Å². The van der Waals surface area contributed by atoms with Crippen LogP contribution in [0.1, 0.15) is 5.56 Å². The molecule has 0 aliphatic carbocycles. The predicted molar refractivity (Wildman–Crippen MR) is 66.5 cm³/mol. The Morgan fingerprint density at radius 1 is 1.11 bits per heavy atom. The van der Waals surface area contributed by atoms with E-state index in [0.717, 1.165) is 22.2 Å². The van der Waals surface area contributed by atoms with Gasteiger partial charge in [-0.25, -0.2) is 0 Å². The quantitative estimate of drug-likeness (QED) is 0.927. The minimum Gasteiger partial charge on any atom is -0.330 e. The molecule has 1 heterocycles. The van der Waals surface area contributed by atoms with Crippen molar-refractivity contribution in [2.24, 2.45) is 5.73 Å². The molecule has 19 heavy (non-hydrogen) atoms. The molecule has 0 saturated carbocycles. The fourth-order valence-electron chi connectivity index (χ4n) is 1.81. The molecule has 102 valence electrons. The van der Waals surface area contributed by atoms with Gasteiger partial charge in [0.1, 0.15) is 6.54 Å². The van der Waals surface area contributed by atoms with Crippen molar-refractivity contribution in [2.75, 3.05) is 6.54 Å². The second-order valence-corrected chi connectivity index (χ2v) is 4.28. The SMILES string of the molecule is NCCc1ccc(-c2cnn(CC(F)(F)F)c2)cc1. The normalized spacial score (nSPS) is 11.8. The van der Waals surface area contributed by atoms with Crippen molar-refractivity contribution < 1.29 is 13.2 Å². The first kappa shape index (κ1) is 13.6. The summed E-state index contributed by atoms with van der Waals surface area (Å²) in [4.78, 5) is 0. The average molecular weight is 269 g/mol. The zero-order chi connectivity index (χ0) is 13.9. The molecule has 0 amide bonds. The molecule has 0 unspecified atom stereocenters. The Labute approximate surface area is 108 Å². The van der Waals surface area contributed by atoms with E-state index in [-0.39, 0.29) is 0 Å². The minimum atomic E-state index is -4.26. The third kappa shape index (κ3) is 3.82. The van der Waals surface area contributed by atoms with Gasteiger partial charge in [-0.1, -0.05) is 24.3 Å². The van der Waals surface area contributed by atoms with Crippen molar-refractivity contribution in [1.82, 2.24) is 9.78 Å². The maximum absolute atomic E-state index is 12.2. The van der Waals surface area contributed by atoms with Crippen LogP contribution in [0.25, 0.3) is 11.1 Å². The van der Waals surface area contributed by atoms with Crippen molar-refractivity contribution in [3.05, 3.63) is 42.2 Å². The molecular weight excluding hydrogens is 255 g/mol.